The van der Waals surface area contributed by atoms with Gasteiger partial charge in [0.1, 0.15) is 17.5 Å². The van der Waals surface area contributed by atoms with Crippen LogP contribution < -0.4 is 20.1 Å². The summed E-state index contributed by atoms with van der Waals surface area (Å²) in [4.78, 5) is 27.7. The number of carbonyl (C=O) groups is 2. The van der Waals surface area contributed by atoms with Gasteiger partial charge in [-0.2, -0.15) is 0 Å². The molecule has 0 saturated carbocycles. The maximum Gasteiger partial charge on any atom is 0.246 e. The molecule has 1 atom stereocenters. The SMILES string of the molecule is COc1cccc(NC(=O)CN(C)C(C(=O)Nc2ccc(OC)c(Cl)c2)c2ccccc2)c1. The second kappa shape index (κ2) is 11.4. The Morgan fingerprint density at radius 2 is 1.64 bits per heavy atom. The highest BCUT2D eigenvalue weighted by Gasteiger charge is 2.27. The summed E-state index contributed by atoms with van der Waals surface area (Å²) in [5.74, 6) is 0.604. The Morgan fingerprint density at radius 1 is 0.909 bits per heavy atom. The molecule has 0 fully saturated rings. The molecule has 3 aromatic rings. The number of anilines is 2. The van der Waals surface area contributed by atoms with Gasteiger partial charge in [-0.1, -0.05) is 48.0 Å². The second-order valence-electron chi connectivity index (χ2n) is 7.35. The molecule has 3 rings (SSSR count). The molecule has 0 spiro atoms. The molecule has 0 aliphatic rings. The van der Waals surface area contributed by atoms with Gasteiger partial charge in [-0.15, -0.1) is 0 Å². The molecule has 33 heavy (non-hydrogen) atoms. The fourth-order valence-corrected chi connectivity index (χ4v) is 3.67. The number of likely N-dealkylation sites (N-methyl/N-ethyl adjacent to an activating group) is 1. The first-order valence-electron chi connectivity index (χ1n) is 10.2. The number of hydrogen-bond acceptors (Lipinski definition) is 5. The summed E-state index contributed by atoms with van der Waals surface area (Å²) in [7, 11) is 4.81. The van der Waals surface area contributed by atoms with Crippen molar-refractivity contribution in [2.24, 2.45) is 0 Å². The quantitative estimate of drug-likeness (QED) is 0.480. The number of halogens is 1. The van der Waals surface area contributed by atoms with E-state index in [0.29, 0.717) is 27.9 Å². The van der Waals surface area contributed by atoms with Crippen LogP contribution in [0.2, 0.25) is 5.02 Å². The van der Waals surface area contributed by atoms with E-state index in [-0.39, 0.29) is 18.4 Å². The molecule has 2 N–H and O–H groups in total. The first-order chi connectivity index (χ1) is 15.9. The Balaban J connectivity index is 1.76. The van der Waals surface area contributed by atoms with Gasteiger partial charge in [-0.05, 0) is 42.9 Å². The Bertz CT molecular complexity index is 1110. The summed E-state index contributed by atoms with van der Waals surface area (Å²) < 4.78 is 10.4. The third-order valence-corrected chi connectivity index (χ3v) is 5.27. The average molecular weight is 468 g/mol. The minimum atomic E-state index is -0.705. The van der Waals surface area contributed by atoms with Gasteiger partial charge in [-0.3, -0.25) is 14.5 Å². The molecular formula is C25H26ClN3O4. The molecule has 7 nitrogen and oxygen atoms in total. The molecular weight excluding hydrogens is 442 g/mol. The molecule has 0 radical (unpaired) electrons. The minimum Gasteiger partial charge on any atom is -0.497 e. The Hall–Kier alpha value is -3.55. The zero-order chi connectivity index (χ0) is 23.8. The minimum absolute atomic E-state index is 0.00639. The molecule has 0 aliphatic carbocycles. The van der Waals surface area contributed by atoms with E-state index >= 15 is 0 Å². The predicted octanol–water partition coefficient (Wildman–Crippen LogP) is 4.61. The van der Waals surface area contributed by atoms with Crippen LogP contribution in [-0.2, 0) is 9.59 Å². The zero-order valence-electron chi connectivity index (χ0n) is 18.7. The van der Waals surface area contributed by atoms with Crippen LogP contribution in [0.15, 0.2) is 72.8 Å². The first-order valence-corrected chi connectivity index (χ1v) is 10.6. The monoisotopic (exact) mass is 467 g/mol. The van der Waals surface area contributed by atoms with E-state index in [2.05, 4.69) is 10.6 Å². The van der Waals surface area contributed by atoms with Crippen LogP contribution in [0.25, 0.3) is 0 Å². The lowest BCUT2D eigenvalue weighted by atomic mass is 10.0. The van der Waals surface area contributed by atoms with E-state index in [9.17, 15) is 9.59 Å². The lowest BCUT2D eigenvalue weighted by Gasteiger charge is -2.27. The van der Waals surface area contributed by atoms with Crippen LogP contribution in [0.3, 0.4) is 0 Å². The van der Waals surface area contributed by atoms with Crippen molar-refractivity contribution in [3.05, 3.63) is 83.4 Å². The summed E-state index contributed by atoms with van der Waals surface area (Å²) in [6.45, 7) is -0.00639. The first kappa shape index (κ1) is 24.1. The van der Waals surface area contributed by atoms with Crippen LogP contribution in [0.4, 0.5) is 11.4 Å². The van der Waals surface area contributed by atoms with E-state index in [1.807, 2.05) is 30.3 Å². The second-order valence-corrected chi connectivity index (χ2v) is 7.75. The number of hydrogen-bond donors (Lipinski definition) is 2. The summed E-state index contributed by atoms with van der Waals surface area (Å²) in [6, 6.07) is 20.7. The molecule has 0 aromatic heterocycles. The summed E-state index contributed by atoms with van der Waals surface area (Å²) in [5.41, 5.74) is 1.90. The summed E-state index contributed by atoms with van der Waals surface area (Å²) in [6.07, 6.45) is 0. The van der Waals surface area contributed by atoms with E-state index in [1.54, 1.807) is 61.5 Å². The van der Waals surface area contributed by atoms with Crippen molar-refractivity contribution < 1.29 is 19.1 Å². The van der Waals surface area contributed by atoms with Gasteiger partial charge in [0.25, 0.3) is 0 Å². The van der Waals surface area contributed by atoms with Gasteiger partial charge in [-0.25, -0.2) is 0 Å². The molecule has 8 heteroatoms. The van der Waals surface area contributed by atoms with Crippen LogP contribution >= 0.6 is 11.6 Å². The van der Waals surface area contributed by atoms with Crippen LogP contribution in [0, 0.1) is 0 Å². The van der Waals surface area contributed by atoms with Crippen LogP contribution in [-0.4, -0.2) is 44.5 Å². The fraction of sp³-hybridized carbons (Fsp3) is 0.200. The fourth-order valence-electron chi connectivity index (χ4n) is 3.42. The number of nitrogens with zero attached hydrogens (tertiary/aromatic N) is 1. The number of nitrogens with one attached hydrogen (secondary N) is 2. The number of amides is 2. The van der Waals surface area contributed by atoms with Gasteiger partial charge in [0.2, 0.25) is 11.8 Å². The van der Waals surface area contributed by atoms with Crippen molar-refractivity contribution in [2.75, 3.05) is 38.4 Å². The summed E-state index contributed by atoms with van der Waals surface area (Å²) >= 11 is 6.19. The van der Waals surface area contributed by atoms with Gasteiger partial charge >= 0.3 is 0 Å². The highest BCUT2D eigenvalue weighted by atomic mass is 35.5. The normalized spacial score (nSPS) is 11.5. The summed E-state index contributed by atoms with van der Waals surface area (Å²) in [5, 5.41) is 6.11. The lowest BCUT2D eigenvalue weighted by Crippen LogP contribution is -2.39. The molecule has 0 aliphatic heterocycles. The molecule has 3 aromatic carbocycles. The maximum absolute atomic E-state index is 13.3. The van der Waals surface area contributed by atoms with Crippen molar-refractivity contribution >= 4 is 34.8 Å². The van der Waals surface area contributed by atoms with E-state index in [4.69, 9.17) is 21.1 Å². The van der Waals surface area contributed by atoms with E-state index in [0.717, 1.165) is 5.56 Å². The van der Waals surface area contributed by atoms with E-state index in [1.165, 1.54) is 7.11 Å². The third kappa shape index (κ3) is 6.47. The van der Waals surface area contributed by atoms with Gasteiger partial charge in [0.15, 0.2) is 0 Å². The van der Waals surface area contributed by atoms with Crippen molar-refractivity contribution in [3.8, 4) is 11.5 Å². The van der Waals surface area contributed by atoms with Crippen molar-refractivity contribution in [1.82, 2.24) is 4.90 Å². The largest absolute Gasteiger partial charge is 0.497 e. The lowest BCUT2D eigenvalue weighted by molar-refractivity contribution is -0.123. The standard InChI is InChI=1S/C25H26ClN3O4/c1-29(16-23(30)27-18-10-7-11-20(14-18)32-2)24(17-8-5-4-6-9-17)25(31)28-19-12-13-22(33-3)21(26)15-19/h4-15,24H,16H2,1-3H3,(H,27,30)(H,28,31). The molecule has 172 valence electrons. The van der Waals surface area contributed by atoms with Gasteiger partial charge in [0, 0.05) is 17.4 Å². The van der Waals surface area contributed by atoms with Gasteiger partial charge in [0.05, 0.1) is 25.8 Å². The number of benzene rings is 3. The zero-order valence-corrected chi connectivity index (χ0v) is 19.4. The molecule has 0 bridgehead atoms. The van der Waals surface area contributed by atoms with Crippen molar-refractivity contribution in [3.63, 3.8) is 0 Å². The maximum atomic E-state index is 13.3. The van der Waals surface area contributed by atoms with Crippen molar-refractivity contribution in [2.45, 2.75) is 6.04 Å². The number of carbonyl (C=O) groups excluding carboxylic acids is 2. The Labute approximate surface area is 198 Å². The predicted molar refractivity (Wildman–Crippen MR) is 130 cm³/mol. The average Bonchev–Trinajstić information content (AvgIpc) is 2.80. The highest BCUT2D eigenvalue weighted by molar-refractivity contribution is 6.32. The molecule has 1 unspecified atom stereocenters. The smallest absolute Gasteiger partial charge is 0.246 e. The van der Waals surface area contributed by atoms with Crippen LogP contribution in [0.5, 0.6) is 11.5 Å². The third-order valence-electron chi connectivity index (χ3n) is 4.97. The Kier molecular flexibility index (Phi) is 8.29. The number of rotatable bonds is 9. The number of methoxy groups -OCH3 is 2. The van der Waals surface area contributed by atoms with Crippen molar-refractivity contribution in [1.29, 1.82) is 0 Å². The number of ether oxygens (including phenoxy) is 2. The molecule has 0 heterocycles. The highest BCUT2D eigenvalue weighted by Crippen LogP contribution is 2.28. The molecule has 2 amide bonds. The van der Waals surface area contributed by atoms with Gasteiger partial charge < -0.3 is 20.1 Å². The molecule has 0 saturated heterocycles. The van der Waals surface area contributed by atoms with E-state index < -0.39 is 6.04 Å². The Morgan fingerprint density at radius 3 is 2.30 bits per heavy atom. The topological polar surface area (TPSA) is 79.9 Å². The van der Waals surface area contributed by atoms with Crippen LogP contribution in [0.1, 0.15) is 11.6 Å².